The van der Waals surface area contributed by atoms with Crippen LogP contribution in [0.4, 0.5) is 5.69 Å². The molecule has 1 aromatic carbocycles. The largest absolute Gasteiger partial charge is 0.314 e. The highest BCUT2D eigenvalue weighted by molar-refractivity contribution is 7.90. The van der Waals surface area contributed by atoms with Gasteiger partial charge < -0.3 is 5.32 Å². The molecule has 0 aliphatic carbocycles. The maximum atomic E-state index is 12.3. The van der Waals surface area contributed by atoms with E-state index in [0.29, 0.717) is 18.8 Å². The van der Waals surface area contributed by atoms with Gasteiger partial charge in [-0.05, 0) is 12.1 Å². The first-order valence-corrected chi connectivity index (χ1v) is 9.84. The Kier molecular flexibility index (Phi) is 4.64. The number of nitrogens with zero attached hydrogens (tertiary/aromatic N) is 2. The first kappa shape index (κ1) is 15.9. The molecular weight excluding hydrogens is 314 g/mol. The molecule has 7 nitrogen and oxygen atoms in total. The van der Waals surface area contributed by atoms with Gasteiger partial charge in [0.1, 0.15) is 21.1 Å². The maximum absolute atomic E-state index is 12.3. The van der Waals surface area contributed by atoms with E-state index in [2.05, 4.69) is 10.3 Å². The molecule has 0 radical (unpaired) electrons. The van der Waals surface area contributed by atoms with Crippen LogP contribution in [0, 0.1) is 0 Å². The van der Waals surface area contributed by atoms with E-state index >= 15 is 0 Å². The molecule has 0 saturated carbocycles. The summed E-state index contributed by atoms with van der Waals surface area (Å²) in [4.78, 5) is 4.29. The van der Waals surface area contributed by atoms with Gasteiger partial charge in [-0.1, -0.05) is 12.1 Å². The third-order valence-electron chi connectivity index (χ3n) is 2.94. The van der Waals surface area contributed by atoms with Gasteiger partial charge in [-0.3, -0.25) is 4.31 Å². The third-order valence-corrected chi connectivity index (χ3v) is 5.68. The van der Waals surface area contributed by atoms with E-state index in [1.54, 1.807) is 18.2 Å². The lowest BCUT2D eigenvalue weighted by Crippen LogP contribution is -2.38. The molecule has 0 saturated heterocycles. The van der Waals surface area contributed by atoms with E-state index in [4.69, 9.17) is 0 Å². The number of rotatable bonds is 6. The summed E-state index contributed by atoms with van der Waals surface area (Å²) in [5.41, 5.74) is 0.429. The molecule has 0 unspecified atom stereocenters. The number of fused-ring (bicyclic) bond motifs is 1. The van der Waals surface area contributed by atoms with E-state index in [1.165, 1.54) is 12.4 Å². The van der Waals surface area contributed by atoms with Crippen molar-refractivity contribution in [2.75, 3.05) is 31.6 Å². The molecule has 0 spiro atoms. The topological polar surface area (TPSA) is 95.9 Å². The van der Waals surface area contributed by atoms with Crippen LogP contribution < -0.4 is 5.32 Å². The summed E-state index contributed by atoms with van der Waals surface area (Å²) in [6.07, 6.45) is 2.45. The molecule has 0 aromatic heterocycles. The second-order valence-corrected chi connectivity index (χ2v) is 8.83. The zero-order valence-electron chi connectivity index (χ0n) is 11.6. The molecule has 0 amide bonds. The summed E-state index contributed by atoms with van der Waals surface area (Å²) < 4.78 is 47.8. The van der Waals surface area contributed by atoms with Crippen molar-refractivity contribution in [2.45, 2.75) is 4.90 Å². The Bertz CT molecular complexity index is 742. The van der Waals surface area contributed by atoms with Crippen LogP contribution in [0.2, 0.25) is 0 Å². The van der Waals surface area contributed by atoms with Crippen LogP contribution in [0.3, 0.4) is 0 Å². The van der Waals surface area contributed by atoms with Crippen LogP contribution in [0.15, 0.2) is 34.2 Å². The molecule has 0 atom stereocenters. The number of sulfonamides is 1. The Hall–Kier alpha value is -1.45. The number of nitrogens with one attached hydrogen (secondary N) is 1. The smallest absolute Gasteiger partial charge is 0.267 e. The Morgan fingerprint density at radius 1 is 1.24 bits per heavy atom. The predicted molar refractivity (Wildman–Crippen MR) is 81.1 cm³/mol. The Balaban J connectivity index is 1.94. The Morgan fingerprint density at radius 3 is 2.67 bits per heavy atom. The van der Waals surface area contributed by atoms with E-state index < -0.39 is 19.9 Å². The van der Waals surface area contributed by atoms with Crippen molar-refractivity contribution in [1.82, 2.24) is 9.62 Å². The van der Waals surface area contributed by atoms with Gasteiger partial charge in [0.15, 0.2) is 0 Å². The van der Waals surface area contributed by atoms with Crippen LogP contribution in [0.5, 0.6) is 0 Å². The highest BCUT2D eigenvalue weighted by Crippen LogP contribution is 2.29. The van der Waals surface area contributed by atoms with Crippen LogP contribution in [-0.2, 0) is 19.9 Å². The summed E-state index contributed by atoms with van der Waals surface area (Å²) in [5.74, 6) is 0.0245. The van der Waals surface area contributed by atoms with E-state index in [1.807, 2.05) is 0 Å². The number of aliphatic imine (C=N–C) groups is 1. The van der Waals surface area contributed by atoms with Gasteiger partial charge in [-0.15, -0.1) is 0 Å². The molecule has 2 rings (SSSR count). The van der Waals surface area contributed by atoms with Crippen molar-refractivity contribution in [3.05, 3.63) is 24.3 Å². The fourth-order valence-electron chi connectivity index (χ4n) is 1.85. The van der Waals surface area contributed by atoms with Crippen LogP contribution in [0.1, 0.15) is 0 Å². The minimum atomic E-state index is -3.57. The van der Waals surface area contributed by atoms with E-state index in [-0.39, 0.29) is 17.2 Å². The number of para-hydroxylation sites is 1. The Morgan fingerprint density at radius 2 is 1.95 bits per heavy atom. The molecule has 9 heteroatoms. The summed E-state index contributed by atoms with van der Waals surface area (Å²) in [7, 11) is -6.59. The van der Waals surface area contributed by atoms with Crippen LogP contribution in [-0.4, -0.2) is 59.1 Å². The highest BCUT2D eigenvalue weighted by Gasteiger charge is 2.27. The van der Waals surface area contributed by atoms with Crippen molar-refractivity contribution >= 4 is 31.9 Å². The molecule has 21 heavy (non-hydrogen) atoms. The second kappa shape index (κ2) is 6.12. The first-order chi connectivity index (χ1) is 9.81. The molecule has 1 aromatic rings. The zero-order valence-corrected chi connectivity index (χ0v) is 13.2. The number of hydrogen-bond acceptors (Lipinski definition) is 6. The van der Waals surface area contributed by atoms with E-state index in [0.717, 1.165) is 10.6 Å². The Labute approximate surface area is 124 Å². The normalized spacial score (nSPS) is 16.7. The van der Waals surface area contributed by atoms with Gasteiger partial charge in [0.25, 0.3) is 10.0 Å². The summed E-state index contributed by atoms with van der Waals surface area (Å²) in [6.45, 7) is 0.841. The molecule has 0 bridgehead atoms. The van der Waals surface area contributed by atoms with Crippen molar-refractivity contribution in [3.63, 3.8) is 0 Å². The predicted octanol–water partition coefficient (Wildman–Crippen LogP) is -0.0151. The van der Waals surface area contributed by atoms with Gasteiger partial charge >= 0.3 is 0 Å². The molecular formula is C12H17N3O4S2. The minimum absolute atomic E-state index is 0.0245. The monoisotopic (exact) mass is 331 g/mol. The molecule has 116 valence electrons. The summed E-state index contributed by atoms with van der Waals surface area (Å²) >= 11 is 0. The van der Waals surface area contributed by atoms with Crippen LogP contribution >= 0.6 is 0 Å². The number of sulfone groups is 1. The fraction of sp³-hybridized carbons (Fsp3) is 0.417. The average molecular weight is 331 g/mol. The van der Waals surface area contributed by atoms with Gasteiger partial charge in [-0.2, -0.15) is 0 Å². The highest BCUT2D eigenvalue weighted by atomic mass is 32.2. The molecule has 1 aliphatic heterocycles. The molecule has 0 fully saturated rings. The average Bonchev–Trinajstić information content (AvgIpc) is 2.39. The van der Waals surface area contributed by atoms with Crippen molar-refractivity contribution < 1.29 is 16.8 Å². The second-order valence-electron chi connectivity index (χ2n) is 4.71. The summed E-state index contributed by atoms with van der Waals surface area (Å²) in [5, 5.41) is 2.90. The number of benzene rings is 1. The van der Waals surface area contributed by atoms with Crippen LogP contribution in [0.25, 0.3) is 0 Å². The van der Waals surface area contributed by atoms with Gasteiger partial charge in [0, 0.05) is 25.9 Å². The van der Waals surface area contributed by atoms with E-state index in [9.17, 15) is 16.8 Å². The SMILES string of the molecule is CS(=O)(=O)CCNCCN1C=Nc2ccccc2S1(=O)=O. The van der Waals surface area contributed by atoms with Gasteiger partial charge in [-0.25, -0.2) is 21.8 Å². The van der Waals surface area contributed by atoms with Crippen molar-refractivity contribution in [2.24, 2.45) is 4.99 Å². The molecule has 1 heterocycles. The maximum Gasteiger partial charge on any atom is 0.267 e. The summed E-state index contributed by atoms with van der Waals surface area (Å²) in [6, 6.07) is 6.55. The third kappa shape index (κ3) is 4.02. The molecule has 1 N–H and O–H groups in total. The lowest BCUT2D eigenvalue weighted by atomic mass is 10.3. The standard InChI is InChI=1S/C12H17N3O4S2/c1-20(16,17)9-7-13-6-8-15-10-14-11-4-2-3-5-12(11)21(15,18)19/h2-5,10,13H,6-9H2,1H3. The zero-order chi connectivity index (χ0) is 15.5. The lowest BCUT2D eigenvalue weighted by molar-refractivity contribution is 0.512. The lowest BCUT2D eigenvalue weighted by Gasteiger charge is -2.24. The van der Waals surface area contributed by atoms with Crippen molar-refractivity contribution in [3.8, 4) is 0 Å². The quantitative estimate of drug-likeness (QED) is 0.739. The minimum Gasteiger partial charge on any atom is -0.314 e. The number of hydrogen-bond donors (Lipinski definition) is 1. The first-order valence-electron chi connectivity index (χ1n) is 6.34. The van der Waals surface area contributed by atoms with Gasteiger partial charge in [0.2, 0.25) is 0 Å². The molecule has 1 aliphatic rings. The fourth-order valence-corrected chi connectivity index (χ4v) is 3.75. The van der Waals surface area contributed by atoms with Crippen molar-refractivity contribution in [1.29, 1.82) is 0 Å². The van der Waals surface area contributed by atoms with Gasteiger partial charge in [0.05, 0.1) is 11.4 Å².